The summed E-state index contributed by atoms with van der Waals surface area (Å²) in [5.74, 6) is 0.437. The van der Waals surface area contributed by atoms with Gasteiger partial charge in [0.2, 0.25) is 0 Å². The molecule has 3 nitrogen and oxygen atoms in total. The first kappa shape index (κ1) is 15.2. The molecule has 2 atom stereocenters. The van der Waals surface area contributed by atoms with E-state index in [-0.39, 0.29) is 6.10 Å². The Morgan fingerprint density at radius 1 is 1.35 bits per heavy atom. The van der Waals surface area contributed by atoms with Crippen LogP contribution in [-0.2, 0) is 0 Å². The topological polar surface area (TPSA) is 56.0 Å². The third-order valence-corrected chi connectivity index (χ3v) is 4.37. The molecule has 1 aromatic rings. The standard InChI is InChI=1S/C16H21ClN2O/c17-14-8-3-6-13(11-18)16(14)19-10-4-7-12-5-1-2-9-15(12)20/h3,6,8,12,15,19-20H,1-2,4-5,7,9-10H2. The van der Waals surface area contributed by atoms with Crippen LogP contribution in [-0.4, -0.2) is 17.8 Å². The molecule has 20 heavy (non-hydrogen) atoms. The summed E-state index contributed by atoms with van der Waals surface area (Å²) in [7, 11) is 0. The van der Waals surface area contributed by atoms with Crippen molar-refractivity contribution in [3.63, 3.8) is 0 Å². The number of benzene rings is 1. The largest absolute Gasteiger partial charge is 0.393 e. The van der Waals surface area contributed by atoms with Crippen LogP contribution in [0.15, 0.2) is 18.2 Å². The van der Waals surface area contributed by atoms with Gasteiger partial charge in [0.15, 0.2) is 0 Å². The van der Waals surface area contributed by atoms with Gasteiger partial charge in [-0.15, -0.1) is 0 Å². The van der Waals surface area contributed by atoms with Crippen LogP contribution >= 0.6 is 11.6 Å². The molecule has 2 rings (SSSR count). The molecule has 0 amide bonds. The van der Waals surface area contributed by atoms with Gasteiger partial charge in [0, 0.05) is 6.54 Å². The van der Waals surface area contributed by atoms with Crippen LogP contribution in [0.5, 0.6) is 0 Å². The van der Waals surface area contributed by atoms with Crippen LogP contribution in [0.25, 0.3) is 0 Å². The average molecular weight is 293 g/mol. The minimum Gasteiger partial charge on any atom is -0.393 e. The molecule has 0 heterocycles. The molecule has 1 saturated carbocycles. The monoisotopic (exact) mass is 292 g/mol. The average Bonchev–Trinajstić information content (AvgIpc) is 2.46. The zero-order valence-electron chi connectivity index (χ0n) is 11.6. The van der Waals surface area contributed by atoms with E-state index in [0.29, 0.717) is 16.5 Å². The van der Waals surface area contributed by atoms with Crippen molar-refractivity contribution in [3.05, 3.63) is 28.8 Å². The van der Waals surface area contributed by atoms with Crippen molar-refractivity contribution in [2.24, 2.45) is 5.92 Å². The van der Waals surface area contributed by atoms with Gasteiger partial charge in [-0.3, -0.25) is 0 Å². The summed E-state index contributed by atoms with van der Waals surface area (Å²) in [5.41, 5.74) is 1.30. The van der Waals surface area contributed by atoms with Crippen molar-refractivity contribution in [1.82, 2.24) is 0 Å². The molecule has 2 unspecified atom stereocenters. The Morgan fingerprint density at radius 3 is 2.90 bits per heavy atom. The Kier molecular flexibility index (Phi) is 5.70. The molecular weight excluding hydrogens is 272 g/mol. The summed E-state index contributed by atoms with van der Waals surface area (Å²) in [6.07, 6.45) is 6.36. The quantitative estimate of drug-likeness (QED) is 0.808. The highest BCUT2D eigenvalue weighted by atomic mass is 35.5. The number of aliphatic hydroxyl groups is 1. The molecule has 0 saturated heterocycles. The summed E-state index contributed by atoms with van der Waals surface area (Å²) >= 11 is 6.11. The molecule has 0 aliphatic heterocycles. The molecule has 0 aromatic heterocycles. The molecule has 2 N–H and O–H groups in total. The molecule has 108 valence electrons. The second kappa shape index (κ2) is 7.52. The summed E-state index contributed by atoms with van der Waals surface area (Å²) in [5, 5.41) is 22.8. The number of nitrogens with one attached hydrogen (secondary N) is 1. The smallest absolute Gasteiger partial charge is 0.101 e. The van der Waals surface area contributed by atoms with Gasteiger partial charge in [-0.1, -0.05) is 30.5 Å². The van der Waals surface area contributed by atoms with Gasteiger partial charge in [-0.2, -0.15) is 5.26 Å². The maximum Gasteiger partial charge on any atom is 0.101 e. The molecule has 1 aliphatic rings. The van der Waals surface area contributed by atoms with Gasteiger partial charge in [0.25, 0.3) is 0 Å². The van der Waals surface area contributed by atoms with Crippen molar-refractivity contribution in [2.45, 2.75) is 44.6 Å². The fourth-order valence-corrected chi connectivity index (χ4v) is 3.14. The molecule has 0 spiro atoms. The first-order chi connectivity index (χ1) is 9.72. The van der Waals surface area contributed by atoms with Gasteiger partial charge in [0.05, 0.1) is 22.4 Å². The van der Waals surface area contributed by atoms with Crippen LogP contribution in [0, 0.1) is 17.2 Å². The Morgan fingerprint density at radius 2 is 2.15 bits per heavy atom. The van der Waals surface area contributed by atoms with E-state index < -0.39 is 0 Å². The van der Waals surface area contributed by atoms with Gasteiger partial charge >= 0.3 is 0 Å². The lowest BCUT2D eigenvalue weighted by Gasteiger charge is -2.27. The van der Waals surface area contributed by atoms with Crippen LogP contribution < -0.4 is 5.32 Å². The molecule has 1 aliphatic carbocycles. The van der Waals surface area contributed by atoms with E-state index in [1.807, 2.05) is 0 Å². The van der Waals surface area contributed by atoms with Gasteiger partial charge in [-0.25, -0.2) is 0 Å². The van der Waals surface area contributed by atoms with Crippen molar-refractivity contribution in [2.75, 3.05) is 11.9 Å². The van der Waals surface area contributed by atoms with Crippen LogP contribution in [0.3, 0.4) is 0 Å². The lowest BCUT2D eigenvalue weighted by atomic mass is 9.83. The highest BCUT2D eigenvalue weighted by Gasteiger charge is 2.22. The number of halogens is 1. The molecule has 1 fully saturated rings. The molecule has 1 aromatic carbocycles. The van der Waals surface area contributed by atoms with Crippen LogP contribution in [0.2, 0.25) is 5.02 Å². The van der Waals surface area contributed by atoms with E-state index in [9.17, 15) is 5.11 Å². The second-order valence-corrected chi connectivity index (χ2v) is 5.86. The first-order valence-electron chi connectivity index (χ1n) is 7.33. The van der Waals surface area contributed by atoms with Crippen LogP contribution in [0.4, 0.5) is 5.69 Å². The SMILES string of the molecule is N#Cc1cccc(Cl)c1NCCCC1CCCCC1O. The highest BCUT2D eigenvalue weighted by Crippen LogP contribution is 2.29. The number of rotatable bonds is 5. The number of aliphatic hydroxyl groups excluding tert-OH is 1. The predicted octanol–water partition coefficient (Wildman–Crippen LogP) is 3.95. The summed E-state index contributed by atoms with van der Waals surface area (Å²) in [6, 6.07) is 7.48. The molecule has 4 heteroatoms. The number of para-hydroxylation sites is 1. The third-order valence-electron chi connectivity index (χ3n) is 4.06. The lowest BCUT2D eigenvalue weighted by Crippen LogP contribution is -2.24. The molecule has 0 radical (unpaired) electrons. The first-order valence-corrected chi connectivity index (χ1v) is 7.70. The lowest BCUT2D eigenvalue weighted by molar-refractivity contribution is 0.0648. The minimum atomic E-state index is -0.126. The van der Waals surface area contributed by atoms with E-state index in [4.69, 9.17) is 16.9 Å². The van der Waals surface area contributed by atoms with Gasteiger partial charge in [0.1, 0.15) is 6.07 Å². The zero-order chi connectivity index (χ0) is 14.4. The van der Waals surface area contributed by atoms with Gasteiger partial charge in [-0.05, 0) is 43.7 Å². The summed E-state index contributed by atoms with van der Waals surface area (Å²) in [4.78, 5) is 0. The molecule has 0 bridgehead atoms. The fourth-order valence-electron chi connectivity index (χ4n) is 2.90. The number of hydrogen-bond acceptors (Lipinski definition) is 3. The van der Waals surface area contributed by atoms with Gasteiger partial charge < -0.3 is 10.4 Å². The number of anilines is 1. The summed E-state index contributed by atoms with van der Waals surface area (Å²) < 4.78 is 0. The fraction of sp³-hybridized carbons (Fsp3) is 0.562. The van der Waals surface area contributed by atoms with E-state index in [1.165, 1.54) is 6.42 Å². The number of nitriles is 1. The van der Waals surface area contributed by atoms with E-state index in [0.717, 1.165) is 44.3 Å². The van der Waals surface area contributed by atoms with Crippen LogP contribution in [0.1, 0.15) is 44.1 Å². The Labute approximate surface area is 125 Å². The maximum atomic E-state index is 9.93. The Hall–Kier alpha value is -1.24. The maximum absolute atomic E-state index is 9.93. The Balaban J connectivity index is 1.80. The Bertz CT molecular complexity index is 484. The van der Waals surface area contributed by atoms with E-state index >= 15 is 0 Å². The van der Waals surface area contributed by atoms with E-state index in [1.54, 1.807) is 18.2 Å². The zero-order valence-corrected chi connectivity index (χ0v) is 12.4. The van der Waals surface area contributed by atoms with Crippen molar-refractivity contribution >= 4 is 17.3 Å². The second-order valence-electron chi connectivity index (χ2n) is 5.46. The number of hydrogen-bond donors (Lipinski definition) is 2. The number of nitrogens with zero attached hydrogens (tertiary/aromatic N) is 1. The summed E-state index contributed by atoms with van der Waals surface area (Å²) in [6.45, 7) is 0.779. The predicted molar refractivity (Wildman–Crippen MR) is 81.9 cm³/mol. The van der Waals surface area contributed by atoms with Crippen molar-refractivity contribution in [1.29, 1.82) is 5.26 Å². The third kappa shape index (κ3) is 3.88. The van der Waals surface area contributed by atoms with Crippen molar-refractivity contribution in [3.8, 4) is 6.07 Å². The minimum absolute atomic E-state index is 0.126. The highest BCUT2D eigenvalue weighted by molar-refractivity contribution is 6.33. The normalized spacial score (nSPS) is 22.2. The molecular formula is C16H21ClN2O. The van der Waals surface area contributed by atoms with E-state index in [2.05, 4.69) is 11.4 Å². The van der Waals surface area contributed by atoms with Crippen molar-refractivity contribution < 1.29 is 5.11 Å².